The van der Waals surface area contributed by atoms with Gasteiger partial charge in [-0.15, -0.1) is 0 Å². The van der Waals surface area contributed by atoms with E-state index >= 15 is 0 Å². The van der Waals surface area contributed by atoms with Crippen molar-refractivity contribution in [1.82, 2.24) is 9.88 Å². The van der Waals surface area contributed by atoms with Crippen LogP contribution in [-0.4, -0.2) is 55.1 Å². The Morgan fingerprint density at radius 1 is 0.972 bits per heavy atom. The molecule has 1 N–H and O–H groups in total. The fraction of sp³-hybridized carbons (Fsp3) is 0.207. The number of fused-ring (bicyclic) bond motifs is 1. The van der Waals surface area contributed by atoms with Crippen molar-refractivity contribution < 1.29 is 19.1 Å². The van der Waals surface area contributed by atoms with Gasteiger partial charge in [0.1, 0.15) is 5.75 Å². The van der Waals surface area contributed by atoms with E-state index in [2.05, 4.69) is 5.32 Å². The number of aromatic nitrogens is 1. The Bertz CT molecular complexity index is 1430. The molecule has 2 heterocycles. The van der Waals surface area contributed by atoms with Gasteiger partial charge in [-0.25, -0.2) is 4.98 Å². The first kappa shape index (κ1) is 23.5. The molecule has 5 rings (SSSR count). The monoisotopic (exact) mass is 481 g/mol. The van der Waals surface area contributed by atoms with Crippen LogP contribution in [0.1, 0.15) is 26.3 Å². The van der Waals surface area contributed by atoms with E-state index in [9.17, 15) is 9.59 Å². The number of benzene rings is 3. The zero-order valence-electron chi connectivity index (χ0n) is 20.3. The number of morpholine rings is 1. The molecule has 1 aliphatic heterocycles. The molecule has 1 fully saturated rings. The summed E-state index contributed by atoms with van der Waals surface area (Å²) < 4.78 is 10.6. The van der Waals surface area contributed by atoms with Gasteiger partial charge in [-0.1, -0.05) is 17.7 Å². The number of ether oxygens (including phenoxy) is 2. The highest BCUT2D eigenvalue weighted by Crippen LogP contribution is 2.28. The Kier molecular flexibility index (Phi) is 6.64. The van der Waals surface area contributed by atoms with Crippen LogP contribution in [0.4, 0.5) is 5.69 Å². The number of rotatable bonds is 5. The van der Waals surface area contributed by atoms with Gasteiger partial charge >= 0.3 is 0 Å². The number of hydrogen-bond acceptors (Lipinski definition) is 5. The van der Waals surface area contributed by atoms with E-state index < -0.39 is 0 Å². The Morgan fingerprint density at radius 3 is 2.50 bits per heavy atom. The number of hydrogen-bond donors (Lipinski definition) is 1. The molecule has 1 aromatic heterocycles. The van der Waals surface area contributed by atoms with Crippen LogP contribution in [0.3, 0.4) is 0 Å². The molecule has 0 bridgehead atoms. The number of carbonyl (C=O) groups excluding carboxylic acids is 2. The smallest absolute Gasteiger partial charge is 0.256 e. The summed E-state index contributed by atoms with van der Waals surface area (Å²) in [5.41, 5.74) is 4.94. The summed E-state index contributed by atoms with van der Waals surface area (Å²) in [5, 5.41) is 3.75. The van der Waals surface area contributed by atoms with Crippen LogP contribution in [0.15, 0.2) is 72.8 Å². The van der Waals surface area contributed by atoms with Gasteiger partial charge in [-0.05, 0) is 67.6 Å². The molecule has 7 heteroatoms. The van der Waals surface area contributed by atoms with Crippen LogP contribution < -0.4 is 10.1 Å². The van der Waals surface area contributed by atoms with Crippen molar-refractivity contribution in [2.45, 2.75) is 6.92 Å². The van der Waals surface area contributed by atoms with Crippen molar-refractivity contribution in [3.05, 3.63) is 89.5 Å². The molecule has 0 spiro atoms. The summed E-state index contributed by atoms with van der Waals surface area (Å²) in [5.74, 6) is 0.416. The zero-order chi connectivity index (χ0) is 25.1. The van der Waals surface area contributed by atoms with E-state index in [0.29, 0.717) is 48.8 Å². The molecule has 0 unspecified atom stereocenters. The van der Waals surface area contributed by atoms with Gasteiger partial charge in [0.2, 0.25) is 0 Å². The maximum atomic E-state index is 13.5. The highest BCUT2D eigenvalue weighted by molar-refractivity contribution is 6.13. The van der Waals surface area contributed by atoms with E-state index in [-0.39, 0.29) is 11.8 Å². The van der Waals surface area contributed by atoms with E-state index in [1.54, 1.807) is 36.3 Å². The molecule has 0 radical (unpaired) electrons. The molecule has 0 aliphatic carbocycles. The van der Waals surface area contributed by atoms with E-state index in [4.69, 9.17) is 14.5 Å². The number of pyridine rings is 1. The lowest BCUT2D eigenvalue weighted by Crippen LogP contribution is -2.40. The molecule has 3 aromatic carbocycles. The largest absolute Gasteiger partial charge is 0.497 e. The molecule has 2 amide bonds. The maximum Gasteiger partial charge on any atom is 0.256 e. The fourth-order valence-corrected chi connectivity index (χ4v) is 4.31. The molecule has 182 valence electrons. The van der Waals surface area contributed by atoms with Crippen molar-refractivity contribution in [3.63, 3.8) is 0 Å². The summed E-state index contributed by atoms with van der Waals surface area (Å²) in [6, 6.07) is 22.3. The van der Waals surface area contributed by atoms with Crippen LogP contribution in [0.2, 0.25) is 0 Å². The first-order valence-electron chi connectivity index (χ1n) is 11.9. The Labute approximate surface area is 209 Å². The molecule has 1 saturated heterocycles. The van der Waals surface area contributed by atoms with Crippen molar-refractivity contribution in [2.75, 3.05) is 38.7 Å². The lowest BCUT2D eigenvalue weighted by molar-refractivity contribution is 0.0303. The van der Waals surface area contributed by atoms with Crippen LogP contribution >= 0.6 is 0 Å². The average molecular weight is 482 g/mol. The van der Waals surface area contributed by atoms with Gasteiger partial charge in [0, 0.05) is 35.3 Å². The third kappa shape index (κ3) is 4.92. The lowest BCUT2D eigenvalue weighted by atomic mass is 10.0. The van der Waals surface area contributed by atoms with Gasteiger partial charge < -0.3 is 19.7 Å². The van der Waals surface area contributed by atoms with Gasteiger partial charge in [0.15, 0.2) is 0 Å². The minimum absolute atomic E-state index is 0.0684. The molecule has 0 atom stereocenters. The SMILES string of the molecule is COc1ccc(-c2cc(C(=O)Nc3cccc(C(=O)N4CCOCC4)c3)c3cc(C)ccc3n2)cc1. The fourth-order valence-electron chi connectivity index (χ4n) is 4.31. The number of methoxy groups -OCH3 is 1. The topological polar surface area (TPSA) is 80.8 Å². The minimum atomic E-state index is -0.265. The summed E-state index contributed by atoms with van der Waals surface area (Å²) in [4.78, 5) is 33.0. The Hall–Kier alpha value is -4.23. The normalized spacial score (nSPS) is 13.4. The van der Waals surface area contributed by atoms with Gasteiger partial charge in [-0.3, -0.25) is 9.59 Å². The van der Waals surface area contributed by atoms with Gasteiger partial charge in [-0.2, -0.15) is 0 Å². The zero-order valence-corrected chi connectivity index (χ0v) is 20.3. The highest BCUT2D eigenvalue weighted by atomic mass is 16.5. The molecule has 36 heavy (non-hydrogen) atoms. The van der Waals surface area contributed by atoms with Crippen molar-refractivity contribution in [1.29, 1.82) is 0 Å². The molecule has 4 aromatic rings. The summed E-state index contributed by atoms with van der Waals surface area (Å²) in [6.45, 7) is 4.18. The van der Waals surface area contributed by atoms with Gasteiger partial charge in [0.25, 0.3) is 11.8 Å². The Balaban J connectivity index is 1.47. The minimum Gasteiger partial charge on any atom is -0.497 e. The third-order valence-electron chi connectivity index (χ3n) is 6.26. The molecule has 1 aliphatic rings. The lowest BCUT2D eigenvalue weighted by Gasteiger charge is -2.27. The second-order valence-corrected chi connectivity index (χ2v) is 8.74. The van der Waals surface area contributed by atoms with E-state index in [1.807, 2.05) is 55.5 Å². The molecule has 0 saturated carbocycles. The summed E-state index contributed by atoms with van der Waals surface area (Å²) in [7, 11) is 1.62. The van der Waals surface area contributed by atoms with Gasteiger partial charge in [0.05, 0.1) is 37.1 Å². The number of aryl methyl sites for hydroxylation is 1. The standard InChI is InChI=1S/C29H27N3O4/c1-19-6-11-26-24(16-19)25(18-27(31-26)20-7-9-23(35-2)10-8-20)28(33)30-22-5-3-4-21(17-22)29(34)32-12-14-36-15-13-32/h3-11,16-18H,12-15H2,1-2H3,(H,30,33). The third-order valence-corrected chi connectivity index (χ3v) is 6.26. The summed E-state index contributed by atoms with van der Waals surface area (Å²) >= 11 is 0. The van der Waals surface area contributed by atoms with E-state index in [0.717, 1.165) is 27.8 Å². The number of nitrogens with one attached hydrogen (secondary N) is 1. The molecular weight excluding hydrogens is 454 g/mol. The predicted octanol–water partition coefficient (Wildman–Crippen LogP) is 4.94. The van der Waals surface area contributed by atoms with Crippen molar-refractivity contribution in [2.24, 2.45) is 0 Å². The molecular formula is C29H27N3O4. The second-order valence-electron chi connectivity index (χ2n) is 8.74. The van der Waals surface area contributed by atoms with Crippen molar-refractivity contribution in [3.8, 4) is 17.0 Å². The number of nitrogens with zero attached hydrogens (tertiary/aromatic N) is 2. The number of amides is 2. The Morgan fingerprint density at radius 2 is 1.75 bits per heavy atom. The number of carbonyl (C=O) groups is 2. The molecule has 7 nitrogen and oxygen atoms in total. The van der Waals surface area contributed by atoms with Crippen LogP contribution in [0.25, 0.3) is 22.2 Å². The number of anilines is 1. The second kappa shape index (κ2) is 10.2. The first-order chi connectivity index (χ1) is 17.5. The van der Waals surface area contributed by atoms with E-state index in [1.165, 1.54) is 0 Å². The van der Waals surface area contributed by atoms with Crippen LogP contribution in [-0.2, 0) is 4.74 Å². The highest BCUT2D eigenvalue weighted by Gasteiger charge is 2.20. The predicted molar refractivity (Wildman–Crippen MR) is 140 cm³/mol. The van der Waals surface area contributed by atoms with Crippen LogP contribution in [0.5, 0.6) is 5.75 Å². The maximum absolute atomic E-state index is 13.5. The quantitative estimate of drug-likeness (QED) is 0.437. The average Bonchev–Trinajstić information content (AvgIpc) is 2.92. The van der Waals surface area contributed by atoms with Crippen LogP contribution in [0, 0.1) is 6.92 Å². The first-order valence-corrected chi connectivity index (χ1v) is 11.9. The summed E-state index contributed by atoms with van der Waals surface area (Å²) in [6.07, 6.45) is 0. The van der Waals surface area contributed by atoms with Crippen molar-refractivity contribution >= 4 is 28.4 Å².